The Morgan fingerprint density at radius 1 is 1.15 bits per heavy atom. The summed E-state index contributed by atoms with van der Waals surface area (Å²) in [5.41, 5.74) is -0.345. The minimum atomic E-state index is -0.896. The number of piperidine rings is 1. The summed E-state index contributed by atoms with van der Waals surface area (Å²) < 4.78 is 5.40. The van der Waals surface area contributed by atoms with E-state index < -0.39 is 11.0 Å². The van der Waals surface area contributed by atoms with Gasteiger partial charge in [0.05, 0.1) is 5.41 Å². The lowest BCUT2D eigenvalue weighted by molar-refractivity contribution is -0.149. The maximum absolute atomic E-state index is 12.9. The van der Waals surface area contributed by atoms with E-state index >= 15 is 0 Å². The molecule has 3 rings (SSSR count). The largest absolute Gasteiger partial charge is 0.444 e. The number of nitrogens with zero attached hydrogens (tertiary/aromatic N) is 2. The van der Waals surface area contributed by atoms with E-state index in [-0.39, 0.29) is 23.6 Å². The van der Waals surface area contributed by atoms with E-state index in [9.17, 15) is 14.4 Å². The predicted molar refractivity (Wildman–Crippen MR) is 100 cm³/mol. The van der Waals surface area contributed by atoms with Gasteiger partial charge in [-0.25, -0.2) is 4.79 Å². The Morgan fingerprint density at radius 2 is 1.70 bits per heavy atom. The van der Waals surface area contributed by atoms with Crippen LogP contribution in [0.5, 0.6) is 0 Å². The number of ether oxygens (including phenoxy) is 1. The Balaban J connectivity index is 1.61. The number of likely N-dealkylation sites (tertiary alicyclic amines) is 1. The maximum atomic E-state index is 12.9. The van der Waals surface area contributed by atoms with Crippen molar-refractivity contribution in [2.24, 2.45) is 11.3 Å². The van der Waals surface area contributed by atoms with Gasteiger partial charge in [0.15, 0.2) is 0 Å². The van der Waals surface area contributed by atoms with Gasteiger partial charge >= 0.3 is 6.09 Å². The minimum absolute atomic E-state index is 0.0432. The van der Waals surface area contributed by atoms with Crippen LogP contribution in [0.4, 0.5) is 4.79 Å². The zero-order valence-corrected chi connectivity index (χ0v) is 16.4. The van der Waals surface area contributed by atoms with Crippen molar-refractivity contribution in [2.45, 2.75) is 58.5 Å². The molecule has 2 aliphatic rings. The number of pyridine rings is 1. The topological polar surface area (TPSA) is 76.6 Å². The fraction of sp³-hybridized carbons (Fsp3) is 0.619. The van der Waals surface area contributed by atoms with Crippen molar-refractivity contribution in [2.75, 3.05) is 13.1 Å². The van der Waals surface area contributed by atoms with Crippen LogP contribution >= 0.6 is 0 Å². The molecule has 2 heterocycles. The summed E-state index contributed by atoms with van der Waals surface area (Å²) in [7, 11) is 0. The number of carbonyl (C=O) groups is 3. The molecular weight excluding hydrogens is 344 g/mol. The van der Waals surface area contributed by atoms with Gasteiger partial charge in [-0.1, -0.05) is 0 Å². The van der Waals surface area contributed by atoms with Crippen molar-refractivity contribution in [1.82, 2.24) is 9.88 Å². The van der Waals surface area contributed by atoms with E-state index in [1.165, 1.54) is 0 Å². The summed E-state index contributed by atoms with van der Waals surface area (Å²) in [6, 6.07) is 3.86. The van der Waals surface area contributed by atoms with Crippen molar-refractivity contribution >= 4 is 17.7 Å². The highest BCUT2D eigenvalue weighted by molar-refractivity contribution is 6.09. The van der Waals surface area contributed by atoms with Crippen molar-refractivity contribution in [3.05, 3.63) is 30.1 Å². The first-order valence-corrected chi connectivity index (χ1v) is 9.63. The van der Waals surface area contributed by atoms with Crippen LogP contribution in [0.25, 0.3) is 0 Å². The lowest BCUT2D eigenvalue weighted by Gasteiger charge is -2.43. The van der Waals surface area contributed by atoms with Crippen LogP contribution in [0.2, 0.25) is 0 Å². The van der Waals surface area contributed by atoms with Gasteiger partial charge in [-0.2, -0.15) is 0 Å². The maximum Gasteiger partial charge on any atom is 0.410 e. The second kappa shape index (κ2) is 7.41. The van der Waals surface area contributed by atoms with Gasteiger partial charge in [-0.15, -0.1) is 0 Å². The number of hydrogen-bond acceptors (Lipinski definition) is 5. The highest BCUT2D eigenvalue weighted by atomic mass is 16.6. The van der Waals surface area contributed by atoms with Gasteiger partial charge in [0.2, 0.25) is 0 Å². The molecule has 1 spiro atoms. The molecule has 0 radical (unpaired) electrons. The standard InChI is InChI=1S/C21H28N2O4/c1-20(2,3)27-19(26)23-10-6-21(7-11-23)17(24)13-16(14-18(21)25)12-15-4-8-22-9-5-15/h4-5,8-9,16H,6-7,10-14H2,1-3H3. The quantitative estimate of drug-likeness (QED) is 0.745. The van der Waals surface area contributed by atoms with Crippen molar-refractivity contribution in [1.29, 1.82) is 0 Å². The SMILES string of the molecule is CC(C)(C)OC(=O)N1CCC2(CC1)C(=O)CC(Cc1ccncc1)CC2=O. The Kier molecular flexibility index (Phi) is 5.36. The van der Waals surface area contributed by atoms with Crippen LogP contribution in [0.3, 0.4) is 0 Å². The van der Waals surface area contributed by atoms with Crippen LogP contribution in [0.15, 0.2) is 24.5 Å². The van der Waals surface area contributed by atoms with Gasteiger partial charge in [-0.3, -0.25) is 14.6 Å². The number of aromatic nitrogens is 1. The van der Waals surface area contributed by atoms with E-state index in [1.54, 1.807) is 17.3 Å². The Labute approximate surface area is 160 Å². The van der Waals surface area contributed by atoms with E-state index in [1.807, 2.05) is 32.9 Å². The van der Waals surface area contributed by atoms with Crippen LogP contribution in [0.1, 0.15) is 52.0 Å². The second-order valence-corrected chi connectivity index (χ2v) is 8.73. The molecule has 0 aromatic carbocycles. The normalized spacial score (nSPS) is 20.8. The average molecular weight is 372 g/mol. The summed E-state index contributed by atoms with van der Waals surface area (Å²) in [5.74, 6) is 0.144. The zero-order valence-electron chi connectivity index (χ0n) is 16.4. The predicted octanol–water partition coefficient (Wildman–Crippen LogP) is 3.19. The van der Waals surface area contributed by atoms with Crippen molar-refractivity contribution in [3.8, 4) is 0 Å². The highest BCUT2D eigenvalue weighted by Gasteiger charge is 2.51. The molecule has 1 amide bonds. The first-order valence-electron chi connectivity index (χ1n) is 9.63. The number of Topliss-reactive ketones (excluding diaryl/α,β-unsaturated/α-hetero) is 2. The lowest BCUT2D eigenvalue weighted by Crippen LogP contribution is -2.53. The monoisotopic (exact) mass is 372 g/mol. The van der Waals surface area contributed by atoms with Gasteiger partial charge < -0.3 is 9.64 Å². The molecule has 2 fully saturated rings. The third-order valence-electron chi connectivity index (χ3n) is 5.56. The smallest absolute Gasteiger partial charge is 0.410 e. The van der Waals surface area contributed by atoms with Gasteiger partial charge in [0, 0.05) is 38.3 Å². The summed E-state index contributed by atoms with van der Waals surface area (Å²) in [5, 5.41) is 0. The molecule has 1 saturated heterocycles. The Hall–Kier alpha value is -2.24. The molecule has 6 heteroatoms. The van der Waals surface area contributed by atoms with E-state index in [0.717, 1.165) is 12.0 Å². The second-order valence-electron chi connectivity index (χ2n) is 8.73. The molecule has 6 nitrogen and oxygen atoms in total. The fourth-order valence-corrected chi connectivity index (χ4v) is 4.09. The number of carbonyl (C=O) groups excluding carboxylic acids is 3. The number of rotatable bonds is 2. The molecule has 1 aliphatic heterocycles. The first kappa shape index (κ1) is 19.5. The molecule has 1 aromatic rings. The Morgan fingerprint density at radius 3 is 2.22 bits per heavy atom. The molecule has 1 aromatic heterocycles. The van der Waals surface area contributed by atoms with Crippen LogP contribution in [0, 0.1) is 11.3 Å². The molecule has 27 heavy (non-hydrogen) atoms. The molecule has 1 aliphatic carbocycles. The fourth-order valence-electron chi connectivity index (χ4n) is 4.09. The molecule has 0 unspecified atom stereocenters. The third kappa shape index (κ3) is 4.37. The van der Waals surface area contributed by atoms with Crippen LogP contribution in [-0.4, -0.2) is 46.2 Å². The molecular formula is C21H28N2O4. The van der Waals surface area contributed by atoms with Crippen LogP contribution < -0.4 is 0 Å². The lowest BCUT2D eigenvalue weighted by atomic mass is 9.63. The number of amides is 1. The summed E-state index contributed by atoms with van der Waals surface area (Å²) in [6.07, 6.45) is 5.49. The average Bonchev–Trinajstić information content (AvgIpc) is 2.60. The van der Waals surface area contributed by atoms with E-state index in [4.69, 9.17) is 4.74 Å². The number of hydrogen-bond donors (Lipinski definition) is 0. The number of ketones is 2. The highest BCUT2D eigenvalue weighted by Crippen LogP contribution is 2.42. The molecule has 0 bridgehead atoms. The first-order chi connectivity index (χ1) is 12.7. The van der Waals surface area contributed by atoms with Gasteiger partial charge in [0.1, 0.15) is 17.2 Å². The zero-order chi connectivity index (χ0) is 19.7. The Bertz CT molecular complexity index is 695. The molecule has 0 atom stereocenters. The summed E-state index contributed by atoms with van der Waals surface area (Å²) in [4.78, 5) is 43.7. The summed E-state index contributed by atoms with van der Waals surface area (Å²) in [6.45, 7) is 6.26. The molecule has 0 N–H and O–H groups in total. The van der Waals surface area contributed by atoms with Crippen molar-refractivity contribution < 1.29 is 19.1 Å². The molecule has 146 valence electrons. The minimum Gasteiger partial charge on any atom is -0.444 e. The molecule has 1 saturated carbocycles. The third-order valence-corrected chi connectivity index (χ3v) is 5.56. The van der Waals surface area contributed by atoms with Crippen molar-refractivity contribution in [3.63, 3.8) is 0 Å². The van der Waals surface area contributed by atoms with Gasteiger partial charge in [-0.05, 0) is 63.6 Å². The van der Waals surface area contributed by atoms with Gasteiger partial charge in [0.25, 0.3) is 0 Å². The van der Waals surface area contributed by atoms with E-state index in [0.29, 0.717) is 38.8 Å². The summed E-state index contributed by atoms with van der Waals surface area (Å²) >= 11 is 0. The van der Waals surface area contributed by atoms with E-state index in [2.05, 4.69) is 4.98 Å². The van der Waals surface area contributed by atoms with Crippen LogP contribution in [-0.2, 0) is 20.7 Å².